The molecule has 0 saturated heterocycles. The van der Waals surface area contributed by atoms with E-state index in [-0.39, 0.29) is 5.50 Å². The molecule has 0 aliphatic heterocycles. The zero-order valence-corrected chi connectivity index (χ0v) is 13.3. The lowest BCUT2D eigenvalue weighted by Gasteiger charge is -2.31. The van der Waals surface area contributed by atoms with Crippen molar-refractivity contribution in [3.05, 3.63) is 24.4 Å². The van der Waals surface area contributed by atoms with Crippen molar-refractivity contribution in [2.45, 2.75) is 71.7 Å². The molecule has 0 spiro atoms. The molecule has 0 aromatic carbocycles. The van der Waals surface area contributed by atoms with Crippen LogP contribution < -0.4 is 5.32 Å². The van der Waals surface area contributed by atoms with Crippen LogP contribution in [0, 0.1) is 5.41 Å². The Morgan fingerprint density at radius 1 is 1.39 bits per heavy atom. The van der Waals surface area contributed by atoms with Gasteiger partial charge in [0.15, 0.2) is 0 Å². The fourth-order valence-corrected chi connectivity index (χ4v) is 2.53. The summed E-state index contributed by atoms with van der Waals surface area (Å²) in [5, 5.41) is 3.27. The minimum absolute atomic E-state index is 0.0270. The first kappa shape index (κ1) is 17.6. The third-order valence-corrected chi connectivity index (χ3v) is 3.82. The second kappa shape index (κ2) is 9.49. The van der Waals surface area contributed by atoms with Gasteiger partial charge in [0.1, 0.15) is 5.50 Å². The Morgan fingerprint density at radius 2 is 2.06 bits per heavy atom. The number of hydrogen-bond donors (Lipinski definition) is 1. The summed E-state index contributed by atoms with van der Waals surface area (Å²) in [5.41, 5.74) is 1.22. The van der Waals surface area contributed by atoms with E-state index in [1.165, 1.54) is 25.7 Å². The lowest BCUT2D eigenvalue weighted by atomic mass is 9.79. The molecule has 1 nitrogen and oxygen atoms in total. The topological polar surface area (TPSA) is 12.0 Å². The maximum atomic E-state index is 6.39. The lowest BCUT2D eigenvalue weighted by molar-refractivity contribution is 0.244. The van der Waals surface area contributed by atoms with Crippen LogP contribution in [-0.4, -0.2) is 5.50 Å². The predicted molar refractivity (Wildman–Crippen MR) is 83.9 cm³/mol. The van der Waals surface area contributed by atoms with Gasteiger partial charge < -0.3 is 5.32 Å². The highest BCUT2D eigenvalue weighted by Gasteiger charge is 2.24. The van der Waals surface area contributed by atoms with Crippen LogP contribution in [-0.2, 0) is 0 Å². The van der Waals surface area contributed by atoms with Crippen LogP contribution >= 0.6 is 11.6 Å². The molecule has 0 bridgehead atoms. The number of halogens is 1. The number of allylic oxidation sites excluding steroid dienone is 2. The molecule has 2 heteroatoms. The summed E-state index contributed by atoms with van der Waals surface area (Å²) >= 11 is 6.39. The van der Waals surface area contributed by atoms with E-state index >= 15 is 0 Å². The second-order valence-electron chi connectivity index (χ2n) is 5.42. The van der Waals surface area contributed by atoms with E-state index in [1.807, 2.05) is 6.08 Å². The molecule has 0 amide bonds. The molecule has 0 aliphatic carbocycles. The third-order valence-electron chi connectivity index (χ3n) is 3.56. The largest absolute Gasteiger partial charge is 0.370 e. The van der Waals surface area contributed by atoms with Gasteiger partial charge in [0.2, 0.25) is 0 Å². The molecule has 0 aromatic rings. The Labute approximate surface area is 119 Å². The quantitative estimate of drug-likeness (QED) is 0.309. The first-order valence-electron chi connectivity index (χ1n) is 7.23. The first-order valence-corrected chi connectivity index (χ1v) is 7.67. The zero-order valence-electron chi connectivity index (χ0n) is 12.6. The normalized spacial score (nSPS) is 16.5. The molecule has 0 fully saturated rings. The van der Waals surface area contributed by atoms with Gasteiger partial charge in [-0.15, -0.1) is 0 Å². The SMILES string of the molecule is C=C(/C=C\CC)NC(Cl)C[C@](C)(CC)CCCC. The van der Waals surface area contributed by atoms with Crippen LogP contribution in [0.25, 0.3) is 0 Å². The zero-order chi connectivity index (χ0) is 14.0. The number of rotatable bonds is 10. The minimum Gasteiger partial charge on any atom is -0.370 e. The van der Waals surface area contributed by atoms with Crippen LogP contribution in [0.4, 0.5) is 0 Å². The molecule has 106 valence electrons. The number of nitrogens with one attached hydrogen (secondary N) is 1. The van der Waals surface area contributed by atoms with Crippen molar-refractivity contribution >= 4 is 11.6 Å². The van der Waals surface area contributed by atoms with Crippen LogP contribution in [0.2, 0.25) is 0 Å². The van der Waals surface area contributed by atoms with Gasteiger partial charge in [0.25, 0.3) is 0 Å². The van der Waals surface area contributed by atoms with E-state index in [9.17, 15) is 0 Å². The molecule has 1 N–H and O–H groups in total. The summed E-state index contributed by atoms with van der Waals surface area (Å²) in [4.78, 5) is 0. The molecular formula is C16H30ClN. The van der Waals surface area contributed by atoms with Crippen LogP contribution in [0.1, 0.15) is 66.2 Å². The van der Waals surface area contributed by atoms with Gasteiger partial charge in [0.05, 0.1) is 0 Å². The molecule has 0 heterocycles. The smallest absolute Gasteiger partial charge is 0.102 e. The van der Waals surface area contributed by atoms with Gasteiger partial charge in [-0.1, -0.05) is 71.2 Å². The summed E-state index contributed by atoms with van der Waals surface area (Å²) in [5.74, 6) is 0. The minimum atomic E-state index is -0.0270. The lowest BCUT2D eigenvalue weighted by Crippen LogP contribution is -2.29. The highest BCUT2D eigenvalue weighted by Crippen LogP contribution is 2.34. The molecule has 2 atom stereocenters. The van der Waals surface area contributed by atoms with Gasteiger partial charge in [-0.3, -0.25) is 0 Å². The van der Waals surface area contributed by atoms with Crippen molar-refractivity contribution in [3.8, 4) is 0 Å². The van der Waals surface area contributed by atoms with Gasteiger partial charge in [-0.05, 0) is 30.8 Å². The number of unbranched alkanes of at least 4 members (excludes halogenated alkanes) is 1. The maximum absolute atomic E-state index is 6.39. The van der Waals surface area contributed by atoms with Crippen LogP contribution in [0.5, 0.6) is 0 Å². The first-order chi connectivity index (χ1) is 8.47. The Balaban J connectivity index is 4.21. The molecule has 0 saturated carbocycles. The fourth-order valence-electron chi connectivity index (χ4n) is 2.02. The van der Waals surface area contributed by atoms with Crippen molar-refractivity contribution in [2.75, 3.05) is 0 Å². The van der Waals surface area contributed by atoms with Gasteiger partial charge in [-0.2, -0.15) is 0 Å². The fraction of sp³-hybridized carbons (Fsp3) is 0.750. The highest BCUT2D eigenvalue weighted by molar-refractivity contribution is 6.20. The van der Waals surface area contributed by atoms with Gasteiger partial charge >= 0.3 is 0 Å². The summed E-state index contributed by atoms with van der Waals surface area (Å²) in [6.45, 7) is 12.9. The van der Waals surface area contributed by atoms with E-state index in [0.717, 1.165) is 18.5 Å². The summed E-state index contributed by atoms with van der Waals surface area (Å²) in [6.07, 6.45) is 11.1. The average Bonchev–Trinajstić information content (AvgIpc) is 2.33. The maximum Gasteiger partial charge on any atom is 0.102 e. The Bertz CT molecular complexity index is 260. The number of hydrogen-bond acceptors (Lipinski definition) is 1. The highest BCUT2D eigenvalue weighted by atomic mass is 35.5. The number of alkyl halides is 1. The van der Waals surface area contributed by atoms with Crippen molar-refractivity contribution in [1.29, 1.82) is 0 Å². The van der Waals surface area contributed by atoms with Gasteiger partial charge in [-0.25, -0.2) is 0 Å². The molecule has 1 unspecified atom stereocenters. The van der Waals surface area contributed by atoms with Crippen molar-refractivity contribution in [2.24, 2.45) is 5.41 Å². The molecule has 0 radical (unpaired) electrons. The van der Waals surface area contributed by atoms with Crippen molar-refractivity contribution < 1.29 is 0 Å². The van der Waals surface area contributed by atoms with Crippen LogP contribution in [0.3, 0.4) is 0 Å². The van der Waals surface area contributed by atoms with E-state index in [1.54, 1.807) is 0 Å². The molecule has 0 aliphatic rings. The molecular weight excluding hydrogens is 242 g/mol. The van der Waals surface area contributed by atoms with Crippen molar-refractivity contribution in [1.82, 2.24) is 5.32 Å². The summed E-state index contributed by atoms with van der Waals surface area (Å²) in [7, 11) is 0. The van der Waals surface area contributed by atoms with E-state index in [0.29, 0.717) is 5.41 Å². The standard InChI is InChI=1S/C16H30ClN/c1-6-9-11-14(4)18-15(17)13-16(5,8-3)12-10-7-2/h9,11,15,18H,4,6-8,10,12-13H2,1-3,5H3/b11-9-/t15?,16-/m1/s1. The molecule has 0 aromatic heterocycles. The van der Waals surface area contributed by atoms with Crippen LogP contribution in [0.15, 0.2) is 24.4 Å². The molecule has 0 rings (SSSR count). The summed E-state index contributed by atoms with van der Waals surface area (Å²) in [6, 6.07) is 0. The Kier molecular flexibility index (Phi) is 9.27. The van der Waals surface area contributed by atoms with Gasteiger partial charge in [0, 0.05) is 5.70 Å². The van der Waals surface area contributed by atoms with E-state index < -0.39 is 0 Å². The third kappa shape index (κ3) is 7.81. The Hall–Kier alpha value is -0.430. The monoisotopic (exact) mass is 271 g/mol. The summed E-state index contributed by atoms with van der Waals surface area (Å²) < 4.78 is 0. The molecule has 18 heavy (non-hydrogen) atoms. The van der Waals surface area contributed by atoms with E-state index in [4.69, 9.17) is 11.6 Å². The predicted octanol–water partition coefficient (Wildman–Crippen LogP) is 5.62. The van der Waals surface area contributed by atoms with E-state index in [2.05, 4.69) is 45.7 Å². The average molecular weight is 272 g/mol. The second-order valence-corrected chi connectivity index (χ2v) is 5.95. The Morgan fingerprint density at radius 3 is 2.56 bits per heavy atom. The van der Waals surface area contributed by atoms with Crippen molar-refractivity contribution in [3.63, 3.8) is 0 Å².